The first kappa shape index (κ1) is 13.9. The van der Waals surface area contributed by atoms with E-state index in [9.17, 15) is 0 Å². The molecule has 1 aromatic heterocycles. The van der Waals surface area contributed by atoms with Crippen LogP contribution in [0.2, 0.25) is 0 Å². The van der Waals surface area contributed by atoms with Crippen molar-refractivity contribution in [3.8, 4) is 0 Å². The van der Waals surface area contributed by atoms with E-state index in [0.717, 1.165) is 18.7 Å². The van der Waals surface area contributed by atoms with Gasteiger partial charge in [-0.25, -0.2) is 0 Å². The molecule has 4 heteroatoms. The van der Waals surface area contributed by atoms with Gasteiger partial charge in [-0.3, -0.25) is 4.90 Å². The Kier molecular flexibility index (Phi) is 3.87. The molecule has 3 aromatic rings. The average Bonchev–Trinajstić information content (AvgIpc) is 3.20. The quantitative estimate of drug-likeness (QED) is 0.732. The Labute approximate surface area is 134 Å². The predicted octanol–water partition coefficient (Wildman–Crippen LogP) is 3.90. The highest BCUT2D eigenvalue weighted by Crippen LogP contribution is 2.24. The molecular formula is C18H19N3S. The number of hydrogen-bond donors (Lipinski definition) is 0. The SMILES string of the molecule is c1ccc2cc(CC3CCCN3Cc3cnsn3)ccc2c1. The first-order chi connectivity index (χ1) is 10.9. The highest BCUT2D eigenvalue weighted by molar-refractivity contribution is 6.99. The van der Waals surface area contributed by atoms with Crippen LogP contribution in [0, 0.1) is 0 Å². The van der Waals surface area contributed by atoms with Gasteiger partial charge in [0.15, 0.2) is 0 Å². The molecular weight excluding hydrogens is 290 g/mol. The number of nitrogens with zero attached hydrogens (tertiary/aromatic N) is 3. The molecule has 1 aliphatic rings. The second kappa shape index (κ2) is 6.15. The molecule has 0 N–H and O–H groups in total. The van der Waals surface area contributed by atoms with Crippen molar-refractivity contribution >= 4 is 22.5 Å². The van der Waals surface area contributed by atoms with Gasteiger partial charge in [0.25, 0.3) is 0 Å². The van der Waals surface area contributed by atoms with Crippen LogP contribution in [0.15, 0.2) is 48.7 Å². The summed E-state index contributed by atoms with van der Waals surface area (Å²) in [7, 11) is 0. The Morgan fingerprint density at radius 2 is 2.05 bits per heavy atom. The number of rotatable bonds is 4. The summed E-state index contributed by atoms with van der Waals surface area (Å²) in [6, 6.07) is 16.1. The summed E-state index contributed by atoms with van der Waals surface area (Å²) in [5.41, 5.74) is 2.54. The Morgan fingerprint density at radius 3 is 2.91 bits per heavy atom. The molecule has 2 heterocycles. The Morgan fingerprint density at radius 1 is 1.14 bits per heavy atom. The molecule has 4 rings (SSSR count). The third-order valence-electron chi connectivity index (χ3n) is 4.56. The van der Waals surface area contributed by atoms with Gasteiger partial charge in [-0.15, -0.1) is 0 Å². The molecule has 1 unspecified atom stereocenters. The van der Waals surface area contributed by atoms with Crippen molar-refractivity contribution in [3.63, 3.8) is 0 Å². The van der Waals surface area contributed by atoms with Gasteiger partial charge in [-0.2, -0.15) is 8.75 Å². The third-order valence-corrected chi connectivity index (χ3v) is 5.07. The first-order valence-electron chi connectivity index (χ1n) is 7.87. The van der Waals surface area contributed by atoms with E-state index in [1.54, 1.807) is 0 Å². The maximum Gasteiger partial charge on any atom is 0.0883 e. The molecule has 0 radical (unpaired) electrons. The van der Waals surface area contributed by atoms with Crippen LogP contribution in [0.3, 0.4) is 0 Å². The van der Waals surface area contributed by atoms with Crippen LogP contribution in [-0.4, -0.2) is 26.2 Å². The lowest BCUT2D eigenvalue weighted by molar-refractivity contribution is 0.242. The highest BCUT2D eigenvalue weighted by atomic mass is 32.1. The van der Waals surface area contributed by atoms with Gasteiger partial charge >= 0.3 is 0 Å². The number of hydrogen-bond acceptors (Lipinski definition) is 4. The molecule has 3 nitrogen and oxygen atoms in total. The molecule has 1 fully saturated rings. The molecule has 0 spiro atoms. The lowest BCUT2D eigenvalue weighted by Gasteiger charge is -2.23. The van der Waals surface area contributed by atoms with Crippen molar-refractivity contribution in [1.29, 1.82) is 0 Å². The van der Waals surface area contributed by atoms with Crippen molar-refractivity contribution < 1.29 is 0 Å². The van der Waals surface area contributed by atoms with Crippen LogP contribution in [0.5, 0.6) is 0 Å². The van der Waals surface area contributed by atoms with Gasteiger partial charge < -0.3 is 0 Å². The van der Waals surface area contributed by atoms with E-state index in [1.165, 1.54) is 47.5 Å². The van der Waals surface area contributed by atoms with E-state index in [-0.39, 0.29) is 0 Å². The van der Waals surface area contributed by atoms with Crippen molar-refractivity contribution in [2.45, 2.75) is 31.8 Å². The summed E-state index contributed by atoms with van der Waals surface area (Å²) in [4.78, 5) is 2.56. The molecule has 1 aliphatic heterocycles. The van der Waals surface area contributed by atoms with Crippen LogP contribution in [0.25, 0.3) is 10.8 Å². The van der Waals surface area contributed by atoms with Gasteiger partial charge in [0.05, 0.1) is 23.6 Å². The van der Waals surface area contributed by atoms with Crippen LogP contribution in [-0.2, 0) is 13.0 Å². The molecule has 1 atom stereocenters. The van der Waals surface area contributed by atoms with Gasteiger partial charge in [-0.1, -0.05) is 42.5 Å². The smallest absolute Gasteiger partial charge is 0.0883 e. The zero-order valence-corrected chi connectivity index (χ0v) is 13.3. The van der Waals surface area contributed by atoms with E-state index >= 15 is 0 Å². The van der Waals surface area contributed by atoms with Gasteiger partial charge in [-0.05, 0) is 42.1 Å². The Balaban J connectivity index is 1.50. The number of fused-ring (bicyclic) bond motifs is 1. The van der Waals surface area contributed by atoms with Crippen molar-refractivity contribution in [2.24, 2.45) is 0 Å². The maximum absolute atomic E-state index is 4.35. The summed E-state index contributed by atoms with van der Waals surface area (Å²) >= 11 is 1.30. The van der Waals surface area contributed by atoms with E-state index in [1.807, 2.05) is 6.20 Å². The largest absolute Gasteiger partial charge is 0.294 e. The minimum atomic E-state index is 0.628. The van der Waals surface area contributed by atoms with Crippen molar-refractivity contribution in [2.75, 3.05) is 6.54 Å². The fraction of sp³-hybridized carbons (Fsp3) is 0.333. The molecule has 0 bridgehead atoms. The monoisotopic (exact) mass is 309 g/mol. The van der Waals surface area contributed by atoms with Gasteiger partial charge in [0.2, 0.25) is 0 Å². The normalized spacial score (nSPS) is 19.0. The summed E-state index contributed by atoms with van der Waals surface area (Å²) < 4.78 is 8.46. The molecule has 0 amide bonds. The molecule has 0 aliphatic carbocycles. The summed E-state index contributed by atoms with van der Waals surface area (Å²) in [5.74, 6) is 0. The van der Waals surface area contributed by atoms with E-state index in [0.29, 0.717) is 6.04 Å². The van der Waals surface area contributed by atoms with Crippen LogP contribution in [0.4, 0.5) is 0 Å². The minimum Gasteiger partial charge on any atom is -0.294 e. The molecule has 2 aromatic carbocycles. The van der Waals surface area contributed by atoms with Gasteiger partial charge in [0.1, 0.15) is 0 Å². The van der Waals surface area contributed by atoms with Crippen LogP contribution >= 0.6 is 11.7 Å². The standard InChI is InChI=1S/C18H19N3S/c1-2-5-16-10-14(7-8-15(16)4-1)11-18-6-3-9-21(18)13-17-12-19-22-20-17/h1-2,4-5,7-8,10,12,18H,3,6,9,11,13H2. The molecule has 1 saturated heterocycles. The predicted molar refractivity (Wildman–Crippen MR) is 91.0 cm³/mol. The second-order valence-electron chi connectivity index (χ2n) is 6.05. The lowest BCUT2D eigenvalue weighted by atomic mass is 10.0. The van der Waals surface area contributed by atoms with Crippen LogP contribution < -0.4 is 0 Å². The third kappa shape index (κ3) is 2.89. The molecule has 112 valence electrons. The van der Waals surface area contributed by atoms with E-state index in [2.05, 4.69) is 56.1 Å². The Hall–Kier alpha value is -1.78. The lowest BCUT2D eigenvalue weighted by Crippen LogP contribution is -2.30. The maximum atomic E-state index is 4.35. The topological polar surface area (TPSA) is 29.0 Å². The van der Waals surface area contributed by atoms with E-state index in [4.69, 9.17) is 0 Å². The fourth-order valence-corrected chi connectivity index (χ4v) is 3.86. The zero-order valence-electron chi connectivity index (χ0n) is 12.5. The zero-order chi connectivity index (χ0) is 14.8. The van der Waals surface area contributed by atoms with Crippen molar-refractivity contribution in [3.05, 3.63) is 59.9 Å². The first-order valence-corrected chi connectivity index (χ1v) is 8.60. The van der Waals surface area contributed by atoms with Gasteiger partial charge in [0, 0.05) is 12.6 Å². The summed E-state index contributed by atoms with van der Waals surface area (Å²) in [6.07, 6.45) is 5.60. The number of benzene rings is 2. The minimum absolute atomic E-state index is 0.628. The van der Waals surface area contributed by atoms with E-state index < -0.39 is 0 Å². The van der Waals surface area contributed by atoms with Crippen molar-refractivity contribution in [1.82, 2.24) is 13.6 Å². The highest BCUT2D eigenvalue weighted by Gasteiger charge is 2.25. The second-order valence-corrected chi connectivity index (χ2v) is 6.61. The molecule has 22 heavy (non-hydrogen) atoms. The van der Waals surface area contributed by atoms with Crippen LogP contribution in [0.1, 0.15) is 24.1 Å². The molecule has 0 saturated carbocycles. The number of likely N-dealkylation sites (tertiary alicyclic amines) is 1. The average molecular weight is 309 g/mol. The number of aromatic nitrogens is 2. The fourth-order valence-electron chi connectivity index (χ4n) is 3.43. The summed E-state index contributed by atoms with van der Waals surface area (Å²) in [6.45, 7) is 2.12. The summed E-state index contributed by atoms with van der Waals surface area (Å²) in [5, 5.41) is 2.66. The Bertz CT molecular complexity index is 754.